The summed E-state index contributed by atoms with van der Waals surface area (Å²) in [6, 6.07) is 18.9. The molecule has 5 aliphatic heterocycles. The Morgan fingerprint density at radius 1 is 0.284 bits per heavy atom. The normalized spacial score (nSPS) is 18.6. The molecule has 8 amide bonds. The summed E-state index contributed by atoms with van der Waals surface area (Å²) in [5, 5.41) is 0. The zero-order valence-electron chi connectivity index (χ0n) is 50.5. The Balaban J connectivity index is 1.18. The molecular formula is C64H72N8O16. The molecule has 4 atom stereocenters. The number of carbonyl (C=O) groups is 12. The Bertz CT molecular complexity index is 2850. The number of carbonyl (C=O) groups excluding carboxylic acids is 12. The molecule has 0 aliphatic carbocycles. The average molecular weight is 1210 g/mol. The zero-order valence-corrected chi connectivity index (χ0v) is 50.5. The molecule has 0 N–H and O–H groups in total. The Hall–Kier alpha value is -8.84. The van der Waals surface area contributed by atoms with Crippen molar-refractivity contribution in [3.05, 3.63) is 142 Å². The number of hydrogen-bond acceptors (Lipinski definition) is 20. The Labute approximate surface area is 509 Å². The SMILES string of the molecule is CC(C)OC(=O)C(CN1C(=O)c2ccccc2C1=O)N1CCN(C(CN2C(=O)c3ccccc3C2=O)C(=O)OC(C)C)CCN(C(CN2C(=O)c3ccccc3C2=O)C(=O)OC(C)C)CCN(C(CN2C(=O)c3ccccc3C2=O)C(=O)OC(C)C)CC1. The third kappa shape index (κ3) is 13.3. The van der Waals surface area contributed by atoms with Gasteiger partial charge in [0.1, 0.15) is 24.2 Å². The van der Waals surface area contributed by atoms with Crippen molar-refractivity contribution in [3.63, 3.8) is 0 Å². The summed E-state index contributed by atoms with van der Waals surface area (Å²) in [6.45, 7) is 8.95. The van der Waals surface area contributed by atoms with Crippen LogP contribution in [0.2, 0.25) is 0 Å². The summed E-state index contributed by atoms with van der Waals surface area (Å²) in [5.74, 6) is -8.85. The minimum atomic E-state index is -1.46. The van der Waals surface area contributed by atoms with Crippen LogP contribution >= 0.6 is 0 Å². The molecule has 4 unspecified atom stereocenters. The minimum absolute atomic E-state index is 0.108. The molecule has 464 valence electrons. The maximum Gasteiger partial charge on any atom is 0.325 e. The van der Waals surface area contributed by atoms with Gasteiger partial charge in [-0.3, -0.25) is 96.7 Å². The fourth-order valence-electron chi connectivity index (χ4n) is 11.6. The maximum atomic E-state index is 14.9. The molecular weight excluding hydrogens is 1140 g/mol. The Morgan fingerprint density at radius 2 is 0.420 bits per heavy atom. The van der Waals surface area contributed by atoms with E-state index in [0.717, 1.165) is 19.6 Å². The van der Waals surface area contributed by atoms with Crippen molar-refractivity contribution < 1.29 is 76.5 Å². The summed E-state index contributed by atoms with van der Waals surface area (Å²) in [7, 11) is 0. The molecule has 24 heteroatoms. The van der Waals surface area contributed by atoms with E-state index in [1.54, 1.807) is 124 Å². The monoisotopic (exact) mass is 1210 g/mol. The van der Waals surface area contributed by atoms with Gasteiger partial charge in [-0.2, -0.15) is 0 Å². The molecule has 1 fully saturated rings. The molecule has 0 radical (unpaired) electrons. The summed E-state index contributed by atoms with van der Waals surface area (Å²) >= 11 is 0. The highest BCUT2D eigenvalue weighted by molar-refractivity contribution is 6.23. The molecule has 4 aromatic carbocycles. The molecule has 9 rings (SSSR count). The van der Waals surface area contributed by atoms with Gasteiger partial charge < -0.3 is 18.9 Å². The van der Waals surface area contributed by atoms with Gasteiger partial charge in [-0.05, 0) is 104 Å². The highest BCUT2D eigenvalue weighted by Gasteiger charge is 2.47. The van der Waals surface area contributed by atoms with E-state index in [2.05, 4.69) is 0 Å². The highest BCUT2D eigenvalue weighted by Crippen LogP contribution is 2.29. The fourth-order valence-corrected chi connectivity index (χ4v) is 11.6. The molecule has 5 heterocycles. The van der Waals surface area contributed by atoms with Crippen molar-refractivity contribution in [2.45, 2.75) is 104 Å². The highest BCUT2D eigenvalue weighted by atomic mass is 16.6. The summed E-state index contributed by atoms with van der Waals surface area (Å²) in [4.78, 5) is 183. The first-order chi connectivity index (χ1) is 41.9. The van der Waals surface area contributed by atoms with Gasteiger partial charge in [0.25, 0.3) is 47.3 Å². The van der Waals surface area contributed by atoms with E-state index >= 15 is 0 Å². The lowest BCUT2D eigenvalue weighted by atomic mass is 10.1. The number of rotatable bonds is 20. The van der Waals surface area contributed by atoms with E-state index in [1.165, 1.54) is 48.5 Å². The lowest BCUT2D eigenvalue weighted by Gasteiger charge is -2.42. The minimum Gasteiger partial charge on any atom is -0.462 e. The maximum absolute atomic E-state index is 14.9. The lowest BCUT2D eigenvalue weighted by Crippen LogP contribution is -2.61. The van der Waals surface area contributed by atoms with Crippen molar-refractivity contribution in [2.24, 2.45) is 0 Å². The van der Waals surface area contributed by atoms with Crippen LogP contribution in [0.5, 0.6) is 0 Å². The zero-order chi connectivity index (χ0) is 63.4. The third-order valence-electron chi connectivity index (χ3n) is 15.9. The van der Waals surface area contributed by atoms with Gasteiger partial charge in [-0.25, -0.2) is 0 Å². The molecule has 1 saturated heterocycles. The van der Waals surface area contributed by atoms with Crippen molar-refractivity contribution >= 4 is 71.1 Å². The van der Waals surface area contributed by atoms with Crippen LogP contribution in [0.4, 0.5) is 0 Å². The molecule has 88 heavy (non-hydrogen) atoms. The molecule has 24 nitrogen and oxygen atoms in total. The number of ether oxygens (including phenoxy) is 4. The first kappa shape index (κ1) is 63.7. The number of esters is 4. The third-order valence-corrected chi connectivity index (χ3v) is 15.9. The second-order valence-electron chi connectivity index (χ2n) is 23.2. The van der Waals surface area contributed by atoms with Crippen LogP contribution in [0.3, 0.4) is 0 Å². The van der Waals surface area contributed by atoms with Crippen LogP contribution in [0.15, 0.2) is 97.1 Å². The number of imide groups is 4. The quantitative estimate of drug-likeness (QED) is 0.0694. The smallest absolute Gasteiger partial charge is 0.325 e. The van der Waals surface area contributed by atoms with Gasteiger partial charge in [0.15, 0.2) is 0 Å². The van der Waals surface area contributed by atoms with Gasteiger partial charge in [0, 0.05) is 52.4 Å². The number of amides is 8. The molecule has 4 aromatic rings. The number of hydrogen-bond donors (Lipinski definition) is 0. The van der Waals surface area contributed by atoms with E-state index in [1.807, 2.05) is 0 Å². The van der Waals surface area contributed by atoms with E-state index in [-0.39, 0.29) is 96.9 Å². The van der Waals surface area contributed by atoms with Crippen molar-refractivity contribution in [1.29, 1.82) is 0 Å². The largest absolute Gasteiger partial charge is 0.462 e. The second kappa shape index (κ2) is 27.0. The molecule has 0 bridgehead atoms. The van der Waals surface area contributed by atoms with Crippen LogP contribution in [0, 0.1) is 0 Å². The standard InChI is InChI=1S/C64H72N8O16/c1-37(2)85-61(81)49(33-69-53(73)41-17-9-10-18-42(41)54(69)74)65-25-27-66(50(62(82)86-38(3)4)34-70-55(75)43-19-11-12-20-44(43)56(70)76)29-31-68(52(64(84)88-40(7)8)36-72-59(79)47-23-15-16-24-48(47)60(72)80)32-30-67(28-26-65)51(63(83)87-39(5)6)35-71-57(77)45-21-13-14-22-46(45)58(71)78/h9-24,37-40,49-52H,25-36H2,1-8H3. The van der Waals surface area contributed by atoms with Crippen molar-refractivity contribution in [2.75, 3.05) is 78.5 Å². The first-order valence-corrected chi connectivity index (χ1v) is 29.5. The van der Waals surface area contributed by atoms with Crippen molar-refractivity contribution in [3.8, 4) is 0 Å². The van der Waals surface area contributed by atoms with E-state index in [9.17, 15) is 57.5 Å². The van der Waals surface area contributed by atoms with Crippen LogP contribution in [0.1, 0.15) is 138 Å². The van der Waals surface area contributed by atoms with E-state index in [4.69, 9.17) is 18.9 Å². The summed E-state index contributed by atoms with van der Waals surface area (Å²) in [6.07, 6.45) is -2.87. The van der Waals surface area contributed by atoms with Crippen LogP contribution in [-0.2, 0) is 38.1 Å². The number of benzene rings is 4. The molecule has 0 spiro atoms. The topological polar surface area (TPSA) is 268 Å². The van der Waals surface area contributed by atoms with E-state index < -0.39 is 146 Å². The van der Waals surface area contributed by atoms with Gasteiger partial charge in [-0.15, -0.1) is 0 Å². The van der Waals surface area contributed by atoms with Gasteiger partial charge >= 0.3 is 23.9 Å². The fraction of sp³-hybridized carbons (Fsp3) is 0.438. The van der Waals surface area contributed by atoms with Gasteiger partial charge in [-0.1, -0.05) is 48.5 Å². The van der Waals surface area contributed by atoms with Crippen molar-refractivity contribution in [1.82, 2.24) is 39.2 Å². The molecule has 0 saturated carbocycles. The summed E-state index contributed by atoms with van der Waals surface area (Å²) in [5.41, 5.74) is 0.867. The average Bonchev–Trinajstić information content (AvgIpc) is 1.85. The van der Waals surface area contributed by atoms with Crippen LogP contribution in [0.25, 0.3) is 0 Å². The Morgan fingerprint density at radius 3 is 0.545 bits per heavy atom. The number of nitrogens with zero attached hydrogens (tertiary/aromatic N) is 8. The van der Waals surface area contributed by atoms with Crippen LogP contribution in [-0.4, -0.2) is 237 Å². The Kier molecular flexibility index (Phi) is 19.6. The predicted molar refractivity (Wildman–Crippen MR) is 314 cm³/mol. The predicted octanol–water partition coefficient (Wildman–Crippen LogP) is 3.67. The van der Waals surface area contributed by atoms with Gasteiger partial charge in [0.05, 0.1) is 95.1 Å². The summed E-state index contributed by atoms with van der Waals surface area (Å²) < 4.78 is 23.6. The van der Waals surface area contributed by atoms with Crippen LogP contribution < -0.4 is 0 Å². The lowest BCUT2D eigenvalue weighted by molar-refractivity contribution is -0.159. The number of fused-ring (bicyclic) bond motifs is 4. The molecule has 5 aliphatic rings. The van der Waals surface area contributed by atoms with Gasteiger partial charge in [0.2, 0.25) is 0 Å². The van der Waals surface area contributed by atoms with E-state index in [0.29, 0.717) is 0 Å². The first-order valence-electron chi connectivity index (χ1n) is 29.5. The molecule has 0 aromatic heterocycles. The second-order valence-corrected chi connectivity index (χ2v) is 23.2.